The molecule has 1 fully saturated rings. The molecule has 0 spiro atoms. The summed E-state index contributed by atoms with van der Waals surface area (Å²) in [7, 11) is -3.39. The standard InChI is InChI=1S/C18H19N3O2S3/c22-26(23,17-4-2-1-3-5-17)21-9-7-20(8-10-21)12-16-14-25-18(19-16)15-6-11-24-13-15/h1-6,11,13-14H,7-10,12H2. The Labute approximate surface area is 161 Å². The summed E-state index contributed by atoms with van der Waals surface area (Å²) < 4.78 is 26.9. The number of aromatic nitrogens is 1. The van der Waals surface area contributed by atoms with Gasteiger partial charge in [0.15, 0.2) is 0 Å². The highest BCUT2D eigenvalue weighted by atomic mass is 32.2. The van der Waals surface area contributed by atoms with Gasteiger partial charge in [0.25, 0.3) is 0 Å². The van der Waals surface area contributed by atoms with E-state index in [1.165, 1.54) is 5.56 Å². The molecule has 1 saturated heterocycles. The number of nitrogens with zero attached hydrogens (tertiary/aromatic N) is 3. The molecule has 0 radical (unpaired) electrons. The average molecular weight is 406 g/mol. The predicted molar refractivity (Wildman–Crippen MR) is 106 cm³/mol. The maximum absolute atomic E-state index is 12.7. The molecule has 2 aromatic heterocycles. The Kier molecular flexibility index (Phi) is 5.19. The summed E-state index contributed by atoms with van der Waals surface area (Å²) in [6, 6.07) is 10.7. The smallest absolute Gasteiger partial charge is 0.243 e. The molecule has 0 N–H and O–H groups in total. The number of piperazine rings is 1. The van der Waals surface area contributed by atoms with Crippen LogP contribution in [0.4, 0.5) is 0 Å². The van der Waals surface area contributed by atoms with Crippen LogP contribution in [0.15, 0.2) is 57.4 Å². The van der Waals surface area contributed by atoms with Crippen molar-refractivity contribution in [1.82, 2.24) is 14.2 Å². The molecule has 8 heteroatoms. The van der Waals surface area contributed by atoms with Gasteiger partial charge in [0.05, 0.1) is 10.6 Å². The van der Waals surface area contributed by atoms with E-state index in [0.29, 0.717) is 18.0 Å². The first-order valence-corrected chi connectivity index (χ1v) is 11.6. The van der Waals surface area contributed by atoms with E-state index in [1.807, 2.05) is 6.07 Å². The highest BCUT2D eigenvalue weighted by molar-refractivity contribution is 7.89. The third kappa shape index (κ3) is 3.74. The summed E-state index contributed by atoms with van der Waals surface area (Å²) in [6.07, 6.45) is 0. The Morgan fingerprint density at radius 2 is 1.77 bits per heavy atom. The largest absolute Gasteiger partial charge is 0.295 e. The van der Waals surface area contributed by atoms with Crippen molar-refractivity contribution in [3.05, 3.63) is 58.2 Å². The number of benzene rings is 1. The Hall–Kier alpha value is -1.58. The molecule has 1 aliphatic rings. The minimum atomic E-state index is -3.39. The molecule has 1 aliphatic heterocycles. The van der Waals surface area contributed by atoms with Gasteiger partial charge in [-0.15, -0.1) is 11.3 Å². The lowest BCUT2D eigenvalue weighted by Gasteiger charge is -2.33. The van der Waals surface area contributed by atoms with Crippen LogP contribution in [0.3, 0.4) is 0 Å². The van der Waals surface area contributed by atoms with E-state index in [2.05, 4.69) is 27.1 Å². The van der Waals surface area contributed by atoms with E-state index >= 15 is 0 Å². The van der Waals surface area contributed by atoms with Crippen LogP contribution in [-0.4, -0.2) is 48.8 Å². The van der Waals surface area contributed by atoms with Crippen LogP contribution in [0, 0.1) is 0 Å². The van der Waals surface area contributed by atoms with Gasteiger partial charge in [-0.05, 0) is 23.6 Å². The third-order valence-electron chi connectivity index (χ3n) is 4.42. The van der Waals surface area contributed by atoms with Gasteiger partial charge >= 0.3 is 0 Å². The van der Waals surface area contributed by atoms with Gasteiger partial charge in [-0.2, -0.15) is 15.6 Å². The average Bonchev–Trinajstić information content (AvgIpc) is 3.34. The highest BCUT2D eigenvalue weighted by Crippen LogP contribution is 2.26. The number of thiazole rings is 1. The zero-order chi connectivity index (χ0) is 18.0. The Morgan fingerprint density at radius 1 is 1.00 bits per heavy atom. The topological polar surface area (TPSA) is 53.5 Å². The molecule has 5 nitrogen and oxygen atoms in total. The minimum absolute atomic E-state index is 0.369. The third-order valence-corrected chi connectivity index (χ3v) is 7.95. The molecular formula is C18H19N3O2S3. The van der Waals surface area contributed by atoms with Crippen molar-refractivity contribution >= 4 is 32.7 Å². The molecule has 3 heterocycles. The first-order chi connectivity index (χ1) is 12.6. The van der Waals surface area contributed by atoms with Crippen molar-refractivity contribution < 1.29 is 8.42 Å². The van der Waals surface area contributed by atoms with Crippen LogP contribution in [-0.2, 0) is 16.6 Å². The number of thiophene rings is 1. The van der Waals surface area contributed by atoms with E-state index in [9.17, 15) is 8.42 Å². The van der Waals surface area contributed by atoms with Gasteiger partial charge in [-0.25, -0.2) is 13.4 Å². The number of rotatable bonds is 5. The van der Waals surface area contributed by atoms with Crippen molar-refractivity contribution in [3.63, 3.8) is 0 Å². The summed E-state index contributed by atoms with van der Waals surface area (Å²) in [5, 5.41) is 7.31. The molecule has 0 aliphatic carbocycles. The van der Waals surface area contributed by atoms with Crippen LogP contribution < -0.4 is 0 Å². The van der Waals surface area contributed by atoms with E-state index in [0.717, 1.165) is 30.3 Å². The fourth-order valence-electron chi connectivity index (χ4n) is 3.00. The van der Waals surface area contributed by atoms with Gasteiger partial charge in [-0.1, -0.05) is 18.2 Å². The lowest BCUT2D eigenvalue weighted by Crippen LogP contribution is -2.48. The van der Waals surface area contributed by atoms with Gasteiger partial charge in [0.1, 0.15) is 5.01 Å². The SMILES string of the molecule is O=S(=O)(c1ccccc1)N1CCN(Cc2csc(-c3ccsc3)n2)CC1. The molecule has 136 valence electrons. The normalized spacial score (nSPS) is 16.8. The van der Waals surface area contributed by atoms with Crippen LogP contribution in [0.1, 0.15) is 5.69 Å². The first-order valence-electron chi connectivity index (χ1n) is 8.37. The second-order valence-electron chi connectivity index (χ2n) is 6.15. The molecule has 0 bridgehead atoms. The van der Waals surface area contributed by atoms with Gasteiger partial charge in [0.2, 0.25) is 10.0 Å². The van der Waals surface area contributed by atoms with Crippen molar-refractivity contribution in [1.29, 1.82) is 0 Å². The molecule has 26 heavy (non-hydrogen) atoms. The molecule has 4 rings (SSSR count). The molecule has 1 aromatic carbocycles. The quantitative estimate of drug-likeness (QED) is 0.653. The molecule has 0 atom stereocenters. The monoisotopic (exact) mass is 405 g/mol. The van der Waals surface area contributed by atoms with E-state index in [-0.39, 0.29) is 0 Å². The Balaban J connectivity index is 1.37. The number of hydrogen-bond donors (Lipinski definition) is 0. The van der Waals surface area contributed by atoms with Crippen LogP contribution in [0.25, 0.3) is 10.6 Å². The van der Waals surface area contributed by atoms with Crippen molar-refractivity contribution in [2.45, 2.75) is 11.4 Å². The Morgan fingerprint density at radius 3 is 2.46 bits per heavy atom. The van der Waals surface area contributed by atoms with E-state index in [4.69, 9.17) is 4.98 Å². The predicted octanol–water partition coefficient (Wildman–Crippen LogP) is 3.38. The Bertz CT molecular complexity index is 945. The first kappa shape index (κ1) is 17.8. The lowest BCUT2D eigenvalue weighted by atomic mass is 10.3. The summed E-state index contributed by atoms with van der Waals surface area (Å²) in [5.74, 6) is 0. The molecule has 0 amide bonds. The summed E-state index contributed by atoms with van der Waals surface area (Å²) in [6.45, 7) is 3.23. The zero-order valence-corrected chi connectivity index (χ0v) is 16.6. The fourth-order valence-corrected chi connectivity index (χ4v) is 5.96. The molecular weight excluding hydrogens is 386 g/mol. The van der Waals surface area contributed by atoms with Crippen molar-refractivity contribution in [3.8, 4) is 10.6 Å². The van der Waals surface area contributed by atoms with Crippen molar-refractivity contribution in [2.75, 3.05) is 26.2 Å². The molecule has 0 unspecified atom stereocenters. The van der Waals surface area contributed by atoms with Crippen molar-refractivity contribution in [2.24, 2.45) is 0 Å². The van der Waals surface area contributed by atoms with E-state index in [1.54, 1.807) is 51.2 Å². The maximum atomic E-state index is 12.7. The fraction of sp³-hybridized carbons (Fsp3) is 0.278. The molecule has 0 saturated carbocycles. The number of sulfonamides is 1. The van der Waals surface area contributed by atoms with Gasteiger partial charge in [0, 0.05) is 49.0 Å². The minimum Gasteiger partial charge on any atom is -0.295 e. The molecule has 3 aromatic rings. The lowest BCUT2D eigenvalue weighted by molar-refractivity contribution is 0.180. The highest BCUT2D eigenvalue weighted by Gasteiger charge is 2.28. The number of hydrogen-bond acceptors (Lipinski definition) is 6. The second kappa shape index (κ2) is 7.58. The maximum Gasteiger partial charge on any atom is 0.243 e. The van der Waals surface area contributed by atoms with Gasteiger partial charge < -0.3 is 0 Å². The summed E-state index contributed by atoms with van der Waals surface area (Å²) >= 11 is 3.33. The van der Waals surface area contributed by atoms with Gasteiger partial charge in [-0.3, -0.25) is 4.90 Å². The zero-order valence-electron chi connectivity index (χ0n) is 14.1. The summed E-state index contributed by atoms with van der Waals surface area (Å²) in [5.41, 5.74) is 2.22. The summed E-state index contributed by atoms with van der Waals surface area (Å²) in [4.78, 5) is 7.35. The van der Waals surface area contributed by atoms with Crippen LogP contribution in [0.5, 0.6) is 0 Å². The van der Waals surface area contributed by atoms with Crippen LogP contribution >= 0.6 is 22.7 Å². The van der Waals surface area contributed by atoms with Crippen LogP contribution in [0.2, 0.25) is 0 Å². The second-order valence-corrected chi connectivity index (χ2v) is 9.73. The van der Waals surface area contributed by atoms with E-state index < -0.39 is 10.0 Å².